The Bertz CT molecular complexity index is 348. The van der Waals surface area contributed by atoms with Crippen molar-refractivity contribution < 1.29 is 4.74 Å². The topological polar surface area (TPSA) is 47.3 Å². The summed E-state index contributed by atoms with van der Waals surface area (Å²) in [5, 5.41) is 3.60. The number of nitrogens with one attached hydrogen (secondary N) is 1. The lowest BCUT2D eigenvalue weighted by Crippen LogP contribution is -2.45. The first-order chi connectivity index (χ1) is 8.69. The molecule has 0 bridgehead atoms. The summed E-state index contributed by atoms with van der Waals surface area (Å²) in [6.45, 7) is 5.05. The fourth-order valence-electron chi connectivity index (χ4n) is 2.15. The summed E-state index contributed by atoms with van der Waals surface area (Å²) in [6.07, 6.45) is 4.53. The summed E-state index contributed by atoms with van der Waals surface area (Å²) in [5.41, 5.74) is 7.07. The van der Waals surface area contributed by atoms with Crippen molar-refractivity contribution in [3.63, 3.8) is 0 Å². The van der Waals surface area contributed by atoms with Gasteiger partial charge < -0.3 is 15.8 Å². The van der Waals surface area contributed by atoms with Crippen LogP contribution in [0.4, 0.5) is 5.69 Å². The van der Waals surface area contributed by atoms with Gasteiger partial charge in [0.25, 0.3) is 0 Å². The Kier molecular flexibility index (Phi) is 5.99. The Morgan fingerprint density at radius 1 is 1.33 bits per heavy atom. The van der Waals surface area contributed by atoms with Gasteiger partial charge in [0.15, 0.2) is 0 Å². The summed E-state index contributed by atoms with van der Waals surface area (Å²) >= 11 is 0. The summed E-state index contributed by atoms with van der Waals surface area (Å²) in [4.78, 5) is 0. The van der Waals surface area contributed by atoms with Crippen LogP contribution in [0.15, 0.2) is 24.3 Å². The average Bonchev–Trinajstić information content (AvgIpc) is 2.44. The van der Waals surface area contributed by atoms with Gasteiger partial charge in [-0.25, -0.2) is 0 Å². The molecule has 3 N–H and O–H groups in total. The highest BCUT2D eigenvalue weighted by atomic mass is 16.5. The van der Waals surface area contributed by atoms with Crippen LogP contribution in [-0.2, 0) is 0 Å². The van der Waals surface area contributed by atoms with Crippen molar-refractivity contribution in [1.82, 2.24) is 0 Å². The number of hydrogen-bond donors (Lipinski definition) is 2. The molecule has 0 saturated carbocycles. The van der Waals surface area contributed by atoms with Crippen LogP contribution in [0.5, 0.6) is 5.75 Å². The number of hydrogen-bond acceptors (Lipinski definition) is 3. The third-order valence-corrected chi connectivity index (χ3v) is 3.56. The number of anilines is 1. The van der Waals surface area contributed by atoms with Crippen LogP contribution in [0.25, 0.3) is 0 Å². The molecule has 3 heteroatoms. The summed E-state index contributed by atoms with van der Waals surface area (Å²) in [5.74, 6) is 0.873. The van der Waals surface area contributed by atoms with Crippen LogP contribution in [0, 0.1) is 0 Å². The molecular weight excluding hydrogens is 224 g/mol. The van der Waals surface area contributed by atoms with Crippen molar-refractivity contribution in [3.05, 3.63) is 24.3 Å². The average molecular weight is 250 g/mol. The van der Waals surface area contributed by atoms with E-state index in [1.54, 1.807) is 7.11 Å². The minimum Gasteiger partial charge on any atom is -0.497 e. The highest BCUT2D eigenvalue weighted by molar-refractivity contribution is 5.50. The molecule has 1 rings (SSSR count). The molecule has 1 aromatic rings. The Labute approximate surface area is 111 Å². The zero-order valence-electron chi connectivity index (χ0n) is 11.8. The van der Waals surface area contributed by atoms with Crippen LogP contribution in [0.1, 0.15) is 39.5 Å². The Hall–Kier alpha value is -1.22. The van der Waals surface area contributed by atoms with E-state index < -0.39 is 0 Å². The zero-order chi connectivity index (χ0) is 13.4. The monoisotopic (exact) mass is 250 g/mol. The maximum atomic E-state index is 5.98. The second kappa shape index (κ2) is 7.27. The van der Waals surface area contributed by atoms with Crippen LogP contribution < -0.4 is 15.8 Å². The van der Waals surface area contributed by atoms with Gasteiger partial charge in [-0.2, -0.15) is 0 Å². The first-order valence-electron chi connectivity index (χ1n) is 6.82. The van der Waals surface area contributed by atoms with E-state index in [9.17, 15) is 0 Å². The summed E-state index contributed by atoms with van der Waals surface area (Å²) < 4.78 is 5.25. The van der Waals surface area contributed by atoms with Crippen molar-refractivity contribution in [2.75, 3.05) is 19.0 Å². The first-order valence-corrected chi connectivity index (χ1v) is 6.82. The standard InChI is InChI=1S/C15H26N2O/c1-4-6-10-15(5-2,12-16)17-13-8-7-9-14(11-13)18-3/h7-9,11,17H,4-6,10,12,16H2,1-3H3. The van der Waals surface area contributed by atoms with E-state index in [4.69, 9.17) is 10.5 Å². The molecule has 1 unspecified atom stereocenters. The molecule has 0 aromatic heterocycles. The molecule has 0 radical (unpaired) electrons. The Balaban J connectivity index is 2.81. The molecule has 0 spiro atoms. The van der Waals surface area contributed by atoms with E-state index >= 15 is 0 Å². The van der Waals surface area contributed by atoms with E-state index in [0.717, 1.165) is 24.3 Å². The van der Waals surface area contributed by atoms with E-state index in [2.05, 4.69) is 25.2 Å². The SMILES string of the molecule is CCCCC(CC)(CN)Nc1cccc(OC)c1. The van der Waals surface area contributed by atoms with Gasteiger partial charge in [0.1, 0.15) is 5.75 Å². The van der Waals surface area contributed by atoms with Gasteiger partial charge in [-0.3, -0.25) is 0 Å². The molecule has 18 heavy (non-hydrogen) atoms. The van der Waals surface area contributed by atoms with Gasteiger partial charge in [-0.05, 0) is 25.0 Å². The van der Waals surface area contributed by atoms with Crippen LogP contribution in [0.3, 0.4) is 0 Å². The molecule has 0 fully saturated rings. The molecule has 3 nitrogen and oxygen atoms in total. The normalized spacial score (nSPS) is 14.0. The van der Waals surface area contributed by atoms with Crippen molar-refractivity contribution in [3.8, 4) is 5.75 Å². The summed E-state index contributed by atoms with van der Waals surface area (Å²) in [6, 6.07) is 8.03. The largest absolute Gasteiger partial charge is 0.497 e. The molecule has 0 aliphatic carbocycles. The molecule has 0 amide bonds. The number of methoxy groups -OCH3 is 1. The van der Waals surface area contributed by atoms with E-state index in [0.29, 0.717) is 6.54 Å². The minimum absolute atomic E-state index is 0.00236. The van der Waals surface area contributed by atoms with Crippen molar-refractivity contribution in [2.24, 2.45) is 5.73 Å². The molecule has 1 aromatic carbocycles. The van der Waals surface area contributed by atoms with Crippen molar-refractivity contribution in [2.45, 2.75) is 45.1 Å². The molecule has 0 heterocycles. The smallest absolute Gasteiger partial charge is 0.120 e. The van der Waals surface area contributed by atoms with Gasteiger partial charge >= 0.3 is 0 Å². The third kappa shape index (κ3) is 3.91. The molecule has 0 aliphatic heterocycles. The molecule has 0 saturated heterocycles. The lowest BCUT2D eigenvalue weighted by Gasteiger charge is -2.34. The molecule has 1 atom stereocenters. The van der Waals surface area contributed by atoms with Crippen LogP contribution >= 0.6 is 0 Å². The number of rotatable bonds is 8. The minimum atomic E-state index is 0.00236. The molecule has 102 valence electrons. The molecule has 0 aliphatic rings. The summed E-state index contributed by atoms with van der Waals surface area (Å²) in [7, 11) is 1.69. The number of nitrogens with two attached hydrogens (primary N) is 1. The Morgan fingerprint density at radius 3 is 2.67 bits per heavy atom. The first kappa shape index (κ1) is 14.8. The lowest BCUT2D eigenvalue weighted by atomic mass is 9.89. The lowest BCUT2D eigenvalue weighted by molar-refractivity contribution is 0.407. The number of unbranched alkanes of at least 4 members (excludes halogenated alkanes) is 1. The zero-order valence-corrected chi connectivity index (χ0v) is 11.8. The van der Waals surface area contributed by atoms with E-state index in [1.807, 2.05) is 18.2 Å². The highest BCUT2D eigenvalue weighted by Gasteiger charge is 2.25. The van der Waals surface area contributed by atoms with E-state index in [1.165, 1.54) is 12.8 Å². The van der Waals surface area contributed by atoms with Crippen LogP contribution in [-0.4, -0.2) is 19.2 Å². The van der Waals surface area contributed by atoms with Crippen LogP contribution in [0.2, 0.25) is 0 Å². The van der Waals surface area contributed by atoms with Gasteiger partial charge in [0.2, 0.25) is 0 Å². The molecular formula is C15H26N2O. The highest BCUT2D eigenvalue weighted by Crippen LogP contribution is 2.25. The maximum Gasteiger partial charge on any atom is 0.120 e. The van der Waals surface area contributed by atoms with E-state index in [-0.39, 0.29) is 5.54 Å². The van der Waals surface area contributed by atoms with Crippen molar-refractivity contribution in [1.29, 1.82) is 0 Å². The number of ether oxygens (including phenoxy) is 1. The van der Waals surface area contributed by atoms with Gasteiger partial charge in [0, 0.05) is 23.8 Å². The second-order valence-electron chi connectivity index (χ2n) is 4.80. The number of benzene rings is 1. The fraction of sp³-hybridized carbons (Fsp3) is 0.600. The predicted octanol–water partition coefficient (Wildman–Crippen LogP) is 3.40. The van der Waals surface area contributed by atoms with Crippen molar-refractivity contribution >= 4 is 5.69 Å². The predicted molar refractivity (Wildman–Crippen MR) is 78.2 cm³/mol. The van der Waals surface area contributed by atoms with Gasteiger partial charge in [0.05, 0.1) is 7.11 Å². The third-order valence-electron chi connectivity index (χ3n) is 3.56. The van der Waals surface area contributed by atoms with Gasteiger partial charge in [-0.15, -0.1) is 0 Å². The maximum absolute atomic E-state index is 5.98. The quantitative estimate of drug-likeness (QED) is 0.743. The Morgan fingerprint density at radius 2 is 2.11 bits per heavy atom. The second-order valence-corrected chi connectivity index (χ2v) is 4.80. The fourth-order valence-corrected chi connectivity index (χ4v) is 2.15. The van der Waals surface area contributed by atoms with Gasteiger partial charge in [-0.1, -0.05) is 32.8 Å².